The Kier molecular flexibility index (Phi) is 10.6. The van der Waals surface area contributed by atoms with Crippen molar-refractivity contribution in [3.05, 3.63) is 59.9 Å². The minimum absolute atomic E-state index is 0.0874. The van der Waals surface area contributed by atoms with Gasteiger partial charge in [0.1, 0.15) is 5.82 Å². The number of benzene rings is 1. The third-order valence-corrected chi connectivity index (χ3v) is 4.42. The number of pyridine rings is 1. The molecule has 0 radical (unpaired) electrons. The van der Waals surface area contributed by atoms with Crippen molar-refractivity contribution in [3.8, 4) is 11.3 Å². The summed E-state index contributed by atoms with van der Waals surface area (Å²) in [5, 5.41) is 6.49. The average Bonchev–Trinajstić information content (AvgIpc) is 2.84. The van der Waals surface area contributed by atoms with Crippen LogP contribution < -0.4 is 10.6 Å². The van der Waals surface area contributed by atoms with Gasteiger partial charge in [-0.25, -0.2) is 15.0 Å². The van der Waals surface area contributed by atoms with Crippen molar-refractivity contribution in [1.29, 1.82) is 0 Å². The predicted molar refractivity (Wildman–Crippen MR) is 131 cm³/mol. The molecule has 1 amide bonds. The van der Waals surface area contributed by atoms with Crippen molar-refractivity contribution in [3.63, 3.8) is 0 Å². The Bertz CT molecular complexity index is 1130. The molecule has 0 aliphatic carbocycles. The van der Waals surface area contributed by atoms with Gasteiger partial charge in [-0.05, 0) is 36.4 Å². The molecule has 0 fully saturated rings. The van der Waals surface area contributed by atoms with E-state index in [1.54, 1.807) is 57.4 Å². The van der Waals surface area contributed by atoms with Gasteiger partial charge < -0.3 is 15.4 Å². The van der Waals surface area contributed by atoms with Crippen LogP contribution in [-0.4, -0.2) is 32.8 Å². The largest absolute Gasteiger partial charge is 0.393 e. The first-order valence-corrected chi connectivity index (χ1v) is 11.1. The molecule has 0 aliphatic heterocycles. The molecule has 2 heterocycles. The molecule has 178 valence electrons. The van der Waals surface area contributed by atoms with Gasteiger partial charge in [0.15, 0.2) is 0 Å². The first-order chi connectivity index (χ1) is 16.3. The van der Waals surface area contributed by atoms with E-state index in [1.807, 2.05) is 18.2 Å². The van der Waals surface area contributed by atoms with Gasteiger partial charge in [0.25, 0.3) is 0 Å². The number of anilines is 3. The lowest BCUT2D eigenvalue weighted by molar-refractivity contribution is -0.159. The van der Waals surface area contributed by atoms with Crippen molar-refractivity contribution < 1.29 is 19.1 Å². The van der Waals surface area contributed by atoms with E-state index in [1.165, 1.54) is 0 Å². The van der Waals surface area contributed by atoms with E-state index in [-0.39, 0.29) is 18.7 Å². The quantitative estimate of drug-likeness (QED) is 0.349. The lowest BCUT2D eigenvalue weighted by atomic mass is 10.2. The average molecular weight is 484 g/mol. The van der Waals surface area contributed by atoms with Gasteiger partial charge in [-0.1, -0.05) is 38.4 Å². The normalized spacial score (nSPS) is 9.88. The number of hydrogen-bond donors (Lipinski definition) is 2. The standard InChI is InChI=1S/C18H16ClN5O.C6H10O3/c1-2-17(25)24-16-10-12(6-8-20-16)15-7-9-21-18(23-15)22-14-5-3-4-13(19)11-14;1-3-5(7)9-6(8)4-2/h3-11H,2H2,1H3,(H,20,24,25)(H,21,22,23);3-4H2,1-2H3. The summed E-state index contributed by atoms with van der Waals surface area (Å²) >= 11 is 5.99. The molecule has 1 aromatic carbocycles. The maximum Gasteiger partial charge on any atom is 0.313 e. The fraction of sp³-hybridized carbons (Fsp3) is 0.250. The van der Waals surface area contributed by atoms with E-state index in [9.17, 15) is 14.4 Å². The highest BCUT2D eigenvalue weighted by atomic mass is 35.5. The molecule has 10 heteroatoms. The second-order valence-electron chi connectivity index (χ2n) is 6.79. The van der Waals surface area contributed by atoms with Crippen LogP contribution in [0.2, 0.25) is 5.02 Å². The summed E-state index contributed by atoms with van der Waals surface area (Å²) in [6.45, 7) is 5.08. The molecule has 0 atom stereocenters. The molecule has 34 heavy (non-hydrogen) atoms. The molecule has 0 spiro atoms. The third-order valence-electron chi connectivity index (χ3n) is 4.19. The second-order valence-corrected chi connectivity index (χ2v) is 7.22. The van der Waals surface area contributed by atoms with Crippen LogP contribution in [-0.2, 0) is 19.1 Å². The topological polar surface area (TPSA) is 123 Å². The molecule has 0 bridgehead atoms. The Balaban J connectivity index is 0.000000387. The van der Waals surface area contributed by atoms with E-state index in [0.29, 0.717) is 28.9 Å². The van der Waals surface area contributed by atoms with Gasteiger partial charge in [0, 0.05) is 47.9 Å². The number of aromatic nitrogens is 3. The van der Waals surface area contributed by atoms with Gasteiger partial charge in [0.05, 0.1) is 5.69 Å². The van der Waals surface area contributed by atoms with Crippen LogP contribution in [0.3, 0.4) is 0 Å². The summed E-state index contributed by atoms with van der Waals surface area (Å²) in [4.78, 5) is 45.1. The first kappa shape index (κ1) is 26.4. The molecule has 0 aliphatic rings. The molecular weight excluding hydrogens is 458 g/mol. The van der Waals surface area contributed by atoms with Crippen LogP contribution in [0.1, 0.15) is 40.0 Å². The van der Waals surface area contributed by atoms with Crippen molar-refractivity contribution in [2.45, 2.75) is 40.0 Å². The highest BCUT2D eigenvalue weighted by Crippen LogP contribution is 2.22. The van der Waals surface area contributed by atoms with Crippen molar-refractivity contribution in [1.82, 2.24) is 15.0 Å². The highest BCUT2D eigenvalue weighted by Gasteiger charge is 2.07. The van der Waals surface area contributed by atoms with Crippen LogP contribution >= 0.6 is 11.6 Å². The van der Waals surface area contributed by atoms with Crippen LogP contribution in [0.4, 0.5) is 17.5 Å². The number of amides is 1. The number of ether oxygens (including phenoxy) is 1. The molecule has 2 aromatic heterocycles. The third kappa shape index (κ3) is 8.95. The number of nitrogens with one attached hydrogen (secondary N) is 2. The molecule has 3 rings (SSSR count). The van der Waals surface area contributed by atoms with E-state index in [2.05, 4.69) is 30.3 Å². The molecule has 0 saturated carbocycles. The summed E-state index contributed by atoms with van der Waals surface area (Å²) in [5.41, 5.74) is 2.35. The molecule has 0 saturated heterocycles. The number of esters is 2. The van der Waals surface area contributed by atoms with Crippen LogP contribution in [0, 0.1) is 0 Å². The number of hydrogen-bond acceptors (Lipinski definition) is 8. The summed E-state index contributed by atoms with van der Waals surface area (Å²) in [5.74, 6) is -0.0533. The van der Waals surface area contributed by atoms with E-state index < -0.39 is 11.9 Å². The van der Waals surface area contributed by atoms with Crippen LogP contribution in [0.15, 0.2) is 54.9 Å². The van der Waals surface area contributed by atoms with Gasteiger partial charge >= 0.3 is 11.9 Å². The number of rotatable bonds is 7. The summed E-state index contributed by atoms with van der Waals surface area (Å²) in [6, 6.07) is 12.7. The monoisotopic (exact) mass is 483 g/mol. The van der Waals surface area contributed by atoms with Crippen molar-refractivity contribution in [2.24, 2.45) is 0 Å². The van der Waals surface area contributed by atoms with Gasteiger partial charge in [-0.3, -0.25) is 14.4 Å². The molecule has 0 unspecified atom stereocenters. The zero-order chi connectivity index (χ0) is 24.9. The lowest BCUT2D eigenvalue weighted by Crippen LogP contribution is -2.10. The maximum atomic E-state index is 11.5. The Morgan fingerprint density at radius 2 is 1.62 bits per heavy atom. The smallest absolute Gasteiger partial charge is 0.313 e. The van der Waals surface area contributed by atoms with E-state index in [4.69, 9.17) is 11.6 Å². The zero-order valence-electron chi connectivity index (χ0n) is 19.2. The highest BCUT2D eigenvalue weighted by molar-refractivity contribution is 6.30. The minimum Gasteiger partial charge on any atom is -0.393 e. The van der Waals surface area contributed by atoms with Crippen LogP contribution in [0.5, 0.6) is 0 Å². The number of carbonyl (C=O) groups is 3. The molecular formula is C24H26ClN5O4. The summed E-state index contributed by atoms with van der Waals surface area (Å²) in [6.07, 6.45) is 4.21. The second kappa shape index (κ2) is 13.6. The SMILES string of the molecule is CCC(=O)Nc1cc(-c2ccnc(Nc3cccc(Cl)c3)n2)ccn1.CCC(=O)OC(=O)CC. The van der Waals surface area contributed by atoms with E-state index in [0.717, 1.165) is 11.3 Å². The van der Waals surface area contributed by atoms with Gasteiger partial charge in [-0.2, -0.15) is 0 Å². The van der Waals surface area contributed by atoms with Gasteiger partial charge in [0.2, 0.25) is 11.9 Å². The molecule has 3 aromatic rings. The lowest BCUT2D eigenvalue weighted by Gasteiger charge is -2.08. The Morgan fingerprint density at radius 3 is 2.26 bits per heavy atom. The summed E-state index contributed by atoms with van der Waals surface area (Å²) in [7, 11) is 0. The number of halogens is 1. The Hall–Kier alpha value is -3.85. The fourth-order valence-electron chi connectivity index (χ4n) is 2.44. The molecule has 2 N–H and O–H groups in total. The van der Waals surface area contributed by atoms with Crippen LogP contribution in [0.25, 0.3) is 11.3 Å². The number of carbonyl (C=O) groups excluding carboxylic acids is 3. The van der Waals surface area contributed by atoms with E-state index >= 15 is 0 Å². The summed E-state index contributed by atoms with van der Waals surface area (Å²) < 4.78 is 4.27. The Morgan fingerprint density at radius 1 is 0.912 bits per heavy atom. The van der Waals surface area contributed by atoms with Crippen molar-refractivity contribution in [2.75, 3.05) is 10.6 Å². The molecule has 9 nitrogen and oxygen atoms in total. The van der Waals surface area contributed by atoms with Crippen molar-refractivity contribution >= 4 is 46.9 Å². The fourth-order valence-corrected chi connectivity index (χ4v) is 2.63. The zero-order valence-corrected chi connectivity index (χ0v) is 19.9. The predicted octanol–water partition coefficient (Wildman–Crippen LogP) is 5.16. The minimum atomic E-state index is -0.457. The first-order valence-electron chi connectivity index (χ1n) is 10.7. The number of nitrogens with zero attached hydrogens (tertiary/aromatic N) is 3. The Labute approximate surface area is 202 Å². The van der Waals surface area contributed by atoms with Gasteiger partial charge in [-0.15, -0.1) is 0 Å². The maximum absolute atomic E-state index is 11.5.